The molecule has 0 saturated carbocycles. The molecule has 168 valence electrons. The lowest BCUT2D eigenvalue weighted by Gasteiger charge is -2.32. The first-order chi connectivity index (χ1) is 15.3. The van der Waals surface area contributed by atoms with Gasteiger partial charge >= 0.3 is 0 Å². The lowest BCUT2D eigenvalue weighted by atomic mass is 10.3. The molecular weight excluding hydrogens is 432 g/mol. The van der Waals surface area contributed by atoms with E-state index < -0.39 is 0 Å². The van der Waals surface area contributed by atoms with Crippen LogP contribution in [0.2, 0.25) is 0 Å². The number of anilines is 3. The Labute approximate surface area is 191 Å². The number of rotatable bonds is 5. The highest BCUT2D eigenvalue weighted by atomic mass is 32.2. The third-order valence-corrected chi connectivity index (χ3v) is 7.64. The van der Waals surface area contributed by atoms with Crippen molar-refractivity contribution in [3.63, 3.8) is 0 Å². The van der Waals surface area contributed by atoms with Crippen molar-refractivity contribution in [1.29, 1.82) is 0 Å². The van der Waals surface area contributed by atoms with Crippen LogP contribution in [0.1, 0.15) is 6.92 Å². The Balaban J connectivity index is 1.63. The van der Waals surface area contributed by atoms with Crippen LogP contribution in [0.4, 0.5) is 17.6 Å². The van der Waals surface area contributed by atoms with Crippen molar-refractivity contribution in [3.05, 3.63) is 0 Å². The van der Waals surface area contributed by atoms with Gasteiger partial charge in [0.05, 0.1) is 6.61 Å². The summed E-state index contributed by atoms with van der Waals surface area (Å²) in [5.74, 6) is 7.48. The highest BCUT2D eigenvalue weighted by molar-refractivity contribution is 7.99. The first kappa shape index (κ1) is 21.1. The summed E-state index contributed by atoms with van der Waals surface area (Å²) in [5.41, 5.74) is 1.43. The van der Waals surface area contributed by atoms with Crippen molar-refractivity contribution in [2.75, 3.05) is 96.7 Å². The third kappa shape index (κ3) is 4.58. The van der Waals surface area contributed by atoms with Crippen molar-refractivity contribution in [2.24, 2.45) is 0 Å². The summed E-state index contributed by atoms with van der Waals surface area (Å²) < 4.78 is 5.97. The van der Waals surface area contributed by atoms with Crippen LogP contribution in [0.25, 0.3) is 11.2 Å². The summed E-state index contributed by atoms with van der Waals surface area (Å²) in [5, 5.41) is 3.41. The van der Waals surface area contributed by atoms with Gasteiger partial charge in [-0.05, 0) is 6.92 Å². The molecule has 0 aromatic carbocycles. The lowest BCUT2D eigenvalue weighted by molar-refractivity contribution is 0.327. The van der Waals surface area contributed by atoms with E-state index in [-0.39, 0.29) is 0 Å². The quantitative estimate of drug-likeness (QED) is 0.699. The summed E-state index contributed by atoms with van der Waals surface area (Å²) >= 11 is 3.97. The molecule has 2 aromatic rings. The molecule has 3 fully saturated rings. The Morgan fingerprint density at radius 1 is 0.774 bits per heavy atom. The molecule has 3 aliphatic heterocycles. The van der Waals surface area contributed by atoms with Gasteiger partial charge in [-0.25, -0.2) is 9.97 Å². The minimum Gasteiger partial charge on any atom is -0.475 e. The minimum absolute atomic E-state index is 0.561. The maximum absolute atomic E-state index is 5.97. The molecule has 2 aromatic heterocycles. The number of fused-ring (bicyclic) bond motifs is 1. The third-order valence-electron chi connectivity index (χ3n) is 5.75. The number of piperazine rings is 1. The fourth-order valence-electron chi connectivity index (χ4n) is 4.11. The molecule has 0 radical (unpaired) electrons. The topological polar surface area (TPSA) is 82.5 Å². The first-order valence-corrected chi connectivity index (χ1v) is 13.5. The molecule has 9 nitrogen and oxygen atoms in total. The van der Waals surface area contributed by atoms with Gasteiger partial charge in [0.15, 0.2) is 22.8 Å². The van der Waals surface area contributed by atoms with Crippen molar-refractivity contribution in [3.8, 4) is 5.88 Å². The van der Waals surface area contributed by atoms with Gasteiger partial charge in [0.2, 0.25) is 5.95 Å². The van der Waals surface area contributed by atoms with E-state index in [9.17, 15) is 0 Å². The van der Waals surface area contributed by atoms with Crippen LogP contribution in [-0.2, 0) is 0 Å². The van der Waals surface area contributed by atoms with Crippen LogP contribution >= 0.6 is 23.5 Å². The van der Waals surface area contributed by atoms with Crippen LogP contribution in [0.5, 0.6) is 5.88 Å². The molecule has 0 aliphatic carbocycles. The van der Waals surface area contributed by atoms with E-state index in [1.165, 1.54) is 0 Å². The number of ether oxygens (including phenoxy) is 1. The van der Waals surface area contributed by atoms with Gasteiger partial charge < -0.3 is 24.8 Å². The van der Waals surface area contributed by atoms with Crippen molar-refractivity contribution in [2.45, 2.75) is 6.92 Å². The Morgan fingerprint density at radius 3 is 2.06 bits per heavy atom. The molecule has 0 atom stereocenters. The van der Waals surface area contributed by atoms with Crippen LogP contribution in [0, 0.1) is 0 Å². The molecule has 1 N–H and O–H groups in total. The molecule has 11 heteroatoms. The van der Waals surface area contributed by atoms with E-state index in [2.05, 4.69) is 20.0 Å². The normalized spacial score (nSPS) is 20.4. The van der Waals surface area contributed by atoms with Crippen LogP contribution in [-0.4, -0.2) is 102 Å². The zero-order chi connectivity index (χ0) is 21.0. The molecule has 31 heavy (non-hydrogen) atoms. The smallest absolute Gasteiger partial charge is 0.258 e. The van der Waals surface area contributed by atoms with Crippen molar-refractivity contribution in [1.82, 2.24) is 25.3 Å². The van der Waals surface area contributed by atoms with Crippen LogP contribution < -0.4 is 24.8 Å². The Bertz CT molecular complexity index is 898. The minimum atomic E-state index is 0.561. The zero-order valence-corrected chi connectivity index (χ0v) is 19.7. The Hall–Kier alpha value is -1.72. The molecule has 0 amide bonds. The first-order valence-electron chi connectivity index (χ1n) is 11.2. The number of nitrogens with one attached hydrogen (secondary N) is 1. The van der Waals surface area contributed by atoms with E-state index in [1.807, 2.05) is 30.4 Å². The molecular formula is C20H30N8OS2. The molecule has 0 spiro atoms. The number of hydrogen-bond donors (Lipinski definition) is 1. The number of thioether (sulfide) groups is 2. The highest BCUT2D eigenvalue weighted by Crippen LogP contribution is 2.33. The van der Waals surface area contributed by atoms with Crippen LogP contribution in [0.15, 0.2) is 0 Å². The second-order valence-corrected chi connectivity index (χ2v) is 10.2. The average molecular weight is 463 g/mol. The van der Waals surface area contributed by atoms with Gasteiger partial charge in [-0.2, -0.15) is 33.5 Å². The van der Waals surface area contributed by atoms with Crippen LogP contribution in [0.3, 0.4) is 0 Å². The largest absolute Gasteiger partial charge is 0.475 e. The van der Waals surface area contributed by atoms with E-state index in [4.69, 9.17) is 24.7 Å². The maximum atomic E-state index is 5.97. The molecule has 5 heterocycles. The number of hydrogen-bond acceptors (Lipinski definition) is 11. The van der Waals surface area contributed by atoms with Crippen molar-refractivity contribution < 1.29 is 4.74 Å². The Kier molecular flexibility index (Phi) is 6.70. The van der Waals surface area contributed by atoms with E-state index in [0.717, 1.165) is 98.5 Å². The van der Waals surface area contributed by atoms with Gasteiger partial charge in [-0.1, -0.05) is 0 Å². The summed E-state index contributed by atoms with van der Waals surface area (Å²) in [6.45, 7) is 10.1. The Morgan fingerprint density at radius 2 is 1.42 bits per heavy atom. The van der Waals surface area contributed by atoms with Gasteiger partial charge in [-0.3, -0.25) is 0 Å². The van der Waals surface area contributed by atoms with E-state index in [1.54, 1.807) is 0 Å². The average Bonchev–Trinajstić information content (AvgIpc) is 2.85. The zero-order valence-electron chi connectivity index (χ0n) is 18.0. The van der Waals surface area contributed by atoms with E-state index in [0.29, 0.717) is 18.1 Å². The number of aromatic nitrogens is 4. The summed E-state index contributed by atoms with van der Waals surface area (Å²) in [7, 11) is 0. The fourth-order valence-corrected chi connectivity index (χ4v) is 5.92. The molecule has 3 aliphatic rings. The predicted octanol–water partition coefficient (Wildman–Crippen LogP) is 1.33. The predicted molar refractivity (Wildman–Crippen MR) is 130 cm³/mol. The second kappa shape index (κ2) is 9.83. The van der Waals surface area contributed by atoms with E-state index >= 15 is 0 Å². The summed E-state index contributed by atoms with van der Waals surface area (Å²) in [6.07, 6.45) is 0. The number of nitrogens with zero attached hydrogens (tertiary/aromatic N) is 7. The standard InChI is InChI=1S/C20H30N8OS2/c1-2-29-19-18(27-9-13-31-14-10-27)23-16-15(22-19)17(26-7-11-30-12-8-26)25-20(24-16)28-5-3-21-4-6-28/h21H,2-14H2,1H3. The molecule has 5 rings (SSSR count). The summed E-state index contributed by atoms with van der Waals surface area (Å²) in [6, 6.07) is 0. The fraction of sp³-hybridized carbons (Fsp3) is 0.700. The highest BCUT2D eigenvalue weighted by Gasteiger charge is 2.26. The maximum Gasteiger partial charge on any atom is 0.258 e. The summed E-state index contributed by atoms with van der Waals surface area (Å²) in [4.78, 5) is 26.8. The monoisotopic (exact) mass is 462 g/mol. The second-order valence-electron chi connectivity index (χ2n) is 7.74. The molecule has 3 saturated heterocycles. The molecule has 0 bridgehead atoms. The van der Waals surface area contributed by atoms with Gasteiger partial charge in [-0.15, -0.1) is 0 Å². The van der Waals surface area contributed by atoms with Gasteiger partial charge in [0, 0.05) is 75.4 Å². The lowest BCUT2D eigenvalue weighted by Crippen LogP contribution is -2.44. The van der Waals surface area contributed by atoms with Gasteiger partial charge in [0.25, 0.3) is 5.88 Å². The van der Waals surface area contributed by atoms with Crippen molar-refractivity contribution >= 4 is 52.3 Å². The molecule has 0 unspecified atom stereocenters. The van der Waals surface area contributed by atoms with Gasteiger partial charge in [0.1, 0.15) is 0 Å². The SMILES string of the molecule is CCOc1nc2c(N3CCSCC3)nc(N3CCNCC3)nc2nc1N1CCSCC1.